The molecule has 1 rings (SSSR count). The summed E-state index contributed by atoms with van der Waals surface area (Å²) in [5.74, 6) is 0.267. The second-order valence-corrected chi connectivity index (χ2v) is 4.56. The highest BCUT2D eigenvalue weighted by Gasteiger charge is 2.20. The van der Waals surface area contributed by atoms with Crippen LogP contribution < -0.4 is 0 Å². The Labute approximate surface area is 84.3 Å². The summed E-state index contributed by atoms with van der Waals surface area (Å²) in [6.07, 6.45) is 3.07. The van der Waals surface area contributed by atoms with Gasteiger partial charge in [-0.15, -0.1) is 5.10 Å². The van der Waals surface area contributed by atoms with Gasteiger partial charge in [-0.2, -0.15) is 0 Å². The fourth-order valence-electron chi connectivity index (χ4n) is 1.13. The highest BCUT2D eigenvalue weighted by molar-refractivity contribution is 5.83. The zero-order valence-corrected chi connectivity index (χ0v) is 9.24. The van der Waals surface area contributed by atoms with Gasteiger partial charge < -0.3 is 0 Å². The van der Waals surface area contributed by atoms with E-state index in [1.165, 1.54) is 0 Å². The molecule has 0 amide bonds. The van der Waals surface area contributed by atoms with Gasteiger partial charge in [0.05, 0.1) is 5.69 Å². The summed E-state index contributed by atoms with van der Waals surface area (Å²) in [4.78, 5) is 11.6. The number of Topliss-reactive ketones (excluding diaryl/α,β-unsaturated/α-hetero) is 1. The molecule has 0 unspecified atom stereocenters. The number of aryl methyl sites for hydroxylation is 2. The smallest absolute Gasteiger partial charge is 0.138 e. The van der Waals surface area contributed by atoms with E-state index in [2.05, 4.69) is 10.3 Å². The number of nitrogens with zero attached hydrogens (tertiary/aromatic N) is 3. The average molecular weight is 195 g/mol. The zero-order valence-electron chi connectivity index (χ0n) is 9.24. The van der Waals surface area contributed by atoms with Gasteiger partial charge in [0.25, 0.3) is 0 Å². The highest BCUT2D eigenvalue weighted by Crippen LogP contribution is 2.17. The van der Waals surface area contributed by atoms with Crippen molar-refractivity contribution < 1.29 is 4.79 Å². The predicted molar refractivity (Wildman–Crippen MR) is 53.8 cm³/mol. The van der Waals surface area contributed by atoms with Gasteiger partial charge in [0, 0.05) is 31.5 Å². The molecule has 0 fully saturated rings. The van der Waals surface area contributed by atoms with Gasteiger partial charge in [-0.3, -0.25) is 9.48 Å². The Hall–Kier alpha value is -1.19. The lowest BCUT2D eigenvalue weighted by molar-refractivity contribution is -0.126. The fourth-order valence-corrected chi connectivity index (χ4v) is 1.13. The maximum Gasteiger partial charge on any atom is 0.138 e. The third-order valence-electron chi connectivity index (χ3n) is 2.09. The first-order valence-electron chi connectivity index (χ1n) is 4.78. The molecule has 1 heterocycles. The lowest BCUT2D eigenvalue weighted by atomic mass is 9.88. The van der Waals surface area contributed by atoms with E-state index in [0.717, 1.165) is 5.69 Å². The molecule has 0 radical (unpaired) electrons. The van der Waals surface area contributed by atoms with Crippen molar-refractivity contribution in [3.05, 3.63) is 11.9 Å². The van der Waals surface area contributed by atoms with Gasteiger partial charge in [0.2, 0.25) is 0 Å². The normalized spacial score (nSPS) is 11.7. The van der Waals surface area contributed by atoms with Crippen molar-refractivity contribution in [1.82, 2.24) is 15.0 Å². The van der Waals surface area contributed by atoms with Crippen LogP contribution in [0.15, 0.2) is 6.20 Å². The molecule has 4 heteroatoms. The van der Waals surface area contributed by atoms with Gasteiger partial charge in [-0.25, -0.2) is 0 Å². The van der Waals surface area contributed by atoms with Crippen LogP contribution in [-0.4, -0.2) is 20.8 Å². The molecular weight excluding hydrogens is 178 g/mol. The summed E-state index contributed by atoms with van der Waals surface area (Å²) in [5, 5.41) is 7.74. The molecule has 0 aliphatic rings. The quantitative estimate of drug-likeness (QED) is 0.731. The minimum absolute atomic E-state index is 0.248. The van der Waals surface area contributed by atoms with E-state index in [1.54, 1.807) is 4.68 Å². The maximum atomic E-state index is 11.6. The van der Waals surface area contributed by atoms with E-state index in [0.29, 0.717) is 12.8 Å². The van der Waals surface area contributed by atoms with Crippen molar-refractivity contribution >= 4 is 5.78 Å². The first-order valence-corrected chi connectivity index (χ1v) is 4.78. The third-order valence-corrected chi connectivity index (χ3v) is 2.09. The lowest BCUT2D eigenvalue weighted by Gasteiger charge is -2.15. The predicted octanol–water partition coefficient (Wildman–Crippen LogP) is 1.36. The Balaban J connectivity index is 2.46. The summed E-state index contributed by atoms with van der Waals surface area (Å²) < 4.78 is 1.65. The Morgan fingerprint density at radius 3 is 2.57 bits per heavy atom. The van der Waals surface area contributed by atoms with Crippen molar-refractivity contribution in [2.75, 3.05) is 0 Å². The lowest BCUT2D eigenvalue weighted by Crippen LogP contribution is -2.20. The summed E-state index contributed by atoms with van der Waals surface area (Å²) in [6, 6.07) is 0. The van der Waals surface area contributed by atoms with E-state index in [4.69, 9.17) is 0 Å². The van der Waals surface area contributed by atoms with Gasteiger partial charge in [-0.1, -0.05) is 26.0 Å². The average Bonchev–Trinajstić information content (AvgIpc) is 2.45. The van der Waals surface area contributed by atoms with E-state index in [9.17, 15) is 4.79 Å². The van der Waals surface area contributed by atoms with Crippen LogP contribution in [0.25, 0.3) is 0 Å². The van der Waals surface area contributed by atoms with Crippen LogP contribution >= 0.6 is 0 Å². The molecule has 0 aromatic carbocycles. The number of hydrogen-bond donors (Lipinski definition) is 0. The monoisotopic (exact) mass is 195 g/mol. The number of rotatable bonds is 3. The van der Waals surface area contributed by atoms with Crippen LogP contribution in [0.1, 0.15) is 32.9 Å². The van der Waals surface area contributed by atoms with Crippen molar-refractivity contribution in [3.8, 4) is 0 Å². The van der Waals surface area contributed by atoms with Crippen molar-refractivity contribution in [2.24, 2.45) is 12.5 Å². The van der Waals surface area contributed by atoms with Gasteiger partial charge >= 0.3 is 0 Å². The second kappa shape index (κ2) is 3.90. The number of carbonyl (C=O) groups excluding carboxylic acids is 1. The molecule has 14 heavy (non-hydrogen) atoms. The van der Waals surface area contributed by atoms with Crippen molar-refractivity contribution in [2.45, 2.75) is 33.6 Å². The first kappa shape index (κ1) is 10.9. The molecule has 0 N–H and O–H groups in total. The van der Waals surface area contributed by atoms with Crippen LogP contribution in [0.3, 0.4) is 0 Å². The number of aromatic nitrogens is 3. The first-order chi connectivity index (χ1) is 6.39. The van der Waals surface area contributed by atoms with E-state index < -0.39 is 0 Å². The van der Waals surface area contributed by atoms with Crippen molar-refractivity contribution in [1.29, 1.82) is 0 Å². The van der Waals surface area contributed by atoms with Gasteiger partial charge in [0.15, 0.2) is 0 Å². The molecule has 1 aromatic rings. The fraction of sp³-hybridized carbons (Fsp3) is 0.700. The standard InChI is InChI=1S/C10H17N3O/c1-10(2,3)9(14)6-5-8-7-13(4)12-11-8/h7H,5-6H2,1-4H3. The van der Waals surface area contributed by atoms with Crippen LogP contribution in [-0.2, 0) is 18.3 Å². The Bertz CT molecular complexity index is 322. The Morgan fingerprint density at radius 1 is 1.50 bits per heavy atom. The second-order valence-electron chi connectivity index (χ2n) is 4.56. The molecule has 78 valence electrons. The number of carbonyl (C=O) groups is 1. The highest BCUT2D eigenvalue weighted by atomic mass is 16.1. The largest absolute Gasteiger partial charge is 0.299 e. The summed E-state index contributed by atoms with van der Waals surface area (Å²) >= 11 is 0. The van der Waals surface area contributed by atoms with Crippen LogP contribution in [0.4, 0.5) is 0 Å². The van der Waals surface area contributed by atoms with Gasteiger partial charge in [-0.05, 0) is 0 Å². The molecule has 0 aliphatic heterocycles. The minimum atomic E-state index is -0.248. The molecule has 0 bridgehead atoms. The van der Waals surface area contributed by atoms with Crippen LogP contribution in [0, 0.1) is 5.41 Å². The topological polar surface area (TPSA) is 47.8 Å². The maximum absolute atomic E-state index is 11.6. The summed E-state index contributed by atoms with van der Waals surface area (Å²) in [7, 11) is 1.82. The molecule has 0 atom stereocenters. The Morgan fingerprint density at radius 2 is 2.14 bits per heavy atom. The summed E-state index contributed by atoms with van der Waals surface area (Å²) in [6.45, 7) is 5.81. The molecule has 0 saturated heterocycles. The Kier molecular flexibility index (Phi) is 3.03. The molecule has 1 aromatic heterocycles. The summed E-state index contributed by atoms with van der Waals surface area (Å²) in [5.41, 5.74) is 0.632. The molecule has 0 saturated carbocycles. The van der Waals surface area contributed by atoms with Gasteiger partial charge in [0.1, 0.15) is 5.78 Å². The molecule has 4 nitrogen and oxygen atoms in total. The molecule has 0 spiro atoms. The number of hydrogen-bond acceptors (Lipinski definition) is 3. The van der Waals surface area contributed by atoms with Crippen LogP contribution in [0.5, 0.6) is 0 Å². The molecule has 0 aliphatic carbocycles. The van der Waals surface area contributed by atoms with Crippen molar-refractivity contribution in [3.63, 3.8) is 0 Å². The van der Waals surface area contributed by atoms with E-state index in [1.807, 2.05) is 34.0 Å². The van der Waals surface area contributed by atoms with E-state index in [-0.39, 0.29) is 11.2 Å². The van der Waals surface area contributed by atoms with E-state index >= 15 is 0 Å². The molecular formula is C10H17N3O. The third kappa shape index (κ3) is 2.94. The van der Waals surface area contributed by atoms with Crippen LogP contribution in [0.2, 0.25) is 0 Å². The zero-order chi connectivity index (χ0) is 10.8. The minimum Gasteiger partial charge on any atom is -0.299 e. The SMILES string of the molecule is Cn1cc(CCC(=O)C(C)(C)C)nn1. The number of ketones is 1.